The van der Waals surface area contributed by atoms with Crippen molar-refractivity contribution in [3.8, 4) is 0 Å². The molecule has 132 valence electrons. The largest absolute Gasteiger partial charge is 0.322 e. The zero-order chi connectivity index (χ0) is 18.8. The van der Waals surface area contributed by atoms with Crippen LogP contribution in [0, 0.1) is 0 Å². The Kier molecular flexibility index (Phi) is 4.26. The Balaban J connectivity index is 1.56. The van der Waals surface area contributed by atoms with Crippen LogP contribution in [0.5, 0.6) is 0 Å². The second-order valence-electron chi connectivity index (χ2n) is 6.26. The number of benzene rings is 3. The maximum atomic E-state index is 12.7. The SMILES string of the molecule is O=C(Nc1ccc2c(c1)C(=O)N(Cc1ccccc1)C2=O)c1ccccc1. The summed E-state index contributed by atoms with van der Waals surface area (Å²) in [6.07, 6.45) is 0. The van der Waals surface area contributed by atoms with Crippen molar-refractivity contribution in [2.24, 2.45) is 0 Å². The van der Waals surface area contributed by atoms with E-state index in [2.05, 4.69) is 5.32 Å². The average Bonchev–Trinajstić information content (AvgIpc) is 2.94. The van der Waals surface area contributed by atoms with Crippen LogP contribution in [0.15, 0.2) is 78.9 Å². The maximum absolute atomic E-state index is 12.7. The summed E-state index contributed by atoms with van der Waals surface area (Å²) in [5, 5.41) is 2.77. The molecule has 5 nitrogen and oxygen atoms in total. The molecule has 27 heavy (non-hydrogen) atoms. The summed E-state index contributed by atoms with van der Waals surface area (Å²) in [4.78, 5) is 38.8. The number of fused-ring (bicyclic) bond motifs is 1. The van der Waals surface area contributed by atoms with E-state index < -0.39 is 0 Å². The Morgan fingerprint density at radius 2 is 1.41 bits per heavy atom. The Bertz CT molecular complexity index is 1030. The lowest BCUT2D eigenvalue weighted by molar-refractivity contribution is 0.0642. The minimum absolute atomic E-state index is 0.221. The second-order valence-corrected chi connectivity index (χ2v) is 6.26. The number of hydrogen-bond acceptors (Lipinski definition) is 3. The summed E-state index contributed by atoms with van der Waals surface area (Å²) in [5.74, 6) is -0.942. The molecule has 0 unspecified atom stereocenters. The van der Waals surface area contributed by atoms with E-state index in [0.717, 1.165) is 5.56 Å². The van der Waals surface area contributed by atoms with Gasteiger partial charge in [0.05, 0.1) is 17.7 Å². The third-order valence-corrected chi connectivity index (χ3v) is 4.45. The minimum atomic E-state index is -0.352. The van der Waals surface area contributed by atoms with Crippen molar-refractivity contribution >= 4 is 23.4 Å². The first-order valence-corrected chi connectivity index (χ1v) is 8.54. The van der Waals surface area contributed by atoms with Gasteiger partial charge in [-0.2, -0.15) is 0 Å². The fourth-order valence-corrected chi connectivity index (χ4v) is 3.07. The molecule has 1 heterocycles. The highest BCUT2D eigenvalue weighted by Crippen LogP contribution is 2.27. The molecule has 3 amide bonds. The number of nitrogens with zero attached hydrogens (tertiary/aromatic N) is 1. The molecule has 0 saturated carbocycles. The third-order valence-electron chi connectivity index (χ3n) is 4.45. The van der Waals surface area contributed by atoms with Crippen molar-refractivity contribution in [3.05, 3.63) is 101 Å². The first-order chi connectivity index (χ1) is 13.1. The van der Waals surface area contributed by atoms with E-state index in [1.54, 1.807) is 42.5 Å². The Hall–Kier alpha value is -3.73. The summed E-state index contributed by atoms with van der Waals surface area (Å²) in [6, 6.07) is 22.9. The van der Waals surface area contributed by atoms with Crippen LogP contribution in [0.1, 0.15) is 36.6 Å². The molecule has 0 radical (unpaired) electrons. The number of hydrogen-bond donors (Lipinski definition) is 1. The van der Waals surface area contributed by atoms with Crippen molar-refractivity contribution in [3.63, 3.8) is 0 Å². The Morgan fingerprint density at radius 1 is 0.778 bits per heavy atom. The van der Waals surface area contributed by atoms with E-state index in [-0.39, 0.29) is 24.3 Å². The van der Waals surface area contributed by atoms with Gasteiger partial charge in [-0.15, -0.1) is 0 Å². The molecule has 0 aliphatic carbocycles. The van der Waals surface area contributed by atoms with Crippen LogP contribution in [0.2, 0.25) is 0 Å². The number of imide groups is 1. The van der Waals surface area contributed by atoms with Crippen molar-refractivity contribution in [1.29, 1.82) is 0 Å². The van der Waals surface area contributed by atoms with E-state index in [4.69, 9.17) is 0 Å². The smallest absolute Gasteiger partial charge is 0.261 e. The van der Waals surface area contributed by atoms with E-state index >= 15 is 0 Å². The van der Waals surface area contributed by atoms with E-state index in [9.17, 15) is 14.4 Å². The molecular formula is C22H16N2O3. The molecule has 1 N–H and O–H groups in total. The van der Waals surface area contributed by atoms with Crippen molar-refractivity contribution in [1.82, 2.24) is 4.90 Å². The summed E-state index contributed by atoms with van der Waals surface area (Å²) < 4.78 is 0. The van der Waals surface area contributed by atoms with Crippen LogP contribution < -0.4 is 5.32 Å². The minimum Gasteiger partial charge on any atom is -0.322 e. The zero-order valence-electron chi connectivity index (χ0n) is 14.4. The van der Waals surface area contributed by atoms with Gasteiger partial charge in [0.1, 0.15) is 0 Å². The fourth-order valence-electron chi connectivity index (χ4n) is 3.07. The number of carbonyl (C=O) groups is 3. The number of carbonyl (C=O) groups excluding carboxylic acids is 3. The summed E-state index contributed by atoms with van der Waals surface area (Å²) in [5.41, 5.74) is 2.54. The van der Waals surface area contributed by atoms with Gasteiger partial charge in [0.25, 0.3) is 17.7 Å². The number of amides is 3. The number of nitrogens with one attached hydrogen (secondary N) is 1. The lowest BCUT2D eigenvalue weighted by Gasteiger charge is -2.13. The molecule has 0 fully saturated rings. The van der Waals surface area contributed by atoms with Gasteiger partial charge < -0.3 is 5.32 Å². The van der Waals surface area contributed by atoms with Crippen LogP contribution in [-0.4, -0.2) is 22.6 Å². The second kappa shape index (κ2) is 6.88. The molecule has 0 aromatic heterocycles. The van der Waals surface area contributed by atoms with Gasteiger partial charge in [0, 0.05) is 11.3 Å². The predicted molar refractivity (Wildman–Crippen MR) is 101 cm³/mol. The lowest BCUT2D eigenvalue weighted by atomic mass is 10.1. The Morgan fingerprint density at radius 3 is 2.11 bits per heavy atom. The highest BCUT2D eigenvalue weighted by molar-refractivity contribution is 6.22. The maximum Gasteiger partial charge on any atom is 0.261 e. The quantitative estimate of drug-likeness (QED) is 0.724. The topological polar surface area (TPSA) is 66.5 Å². The van der Waals surface area contributed by atoms with Crippen LogP contribution >= 0.6 is 0 Å². The molecule has 0 saturated heterocycles. The molecular weight excluding hydrogens is 340 g/mol. The molecule has 3 aromatic rings. The highest BCUT2D eigenvalue weighted by Gasteiger charge is 2.35. The predicted octanol–water partition coefficient (Wildman–Crippen LogP) is 3.74. The van der Waals surface area contributed by atoms with Crippen LogP contribution in [0.4, 0.5) is 5.69 Å². The molecule has 5 heteroatoms. The summed E-state index contributed by atoms with van der Waals surface area (Å²) in [6.45, 7) is 0.221. The molecule has 4 rings (SSSR count). The van der Waals surface area contributed by atoms with Crippen LogP contribution in [0.25, 0.3) is 0 Å². The van der Waals surface area contributed by atoms with Gasteiger partial charge in [-0.05, 0) is 35.9 Å². The fraction of sp³-hybridized carbons (Fsp3) is 0.0455. The highest BCUT2D eigenvalue weighted by atomic mass is 16.2. The van der Waals surface area contributed by atoms with Gasteiger partial charge >= 0.3 is 0 Å². The molecule has 1 aliphatic rings. The van der Waals surface area contributed by atoms with E-state index in [1.165, 1.54) is 4.90 Å². The van der Waals surface area contributed by atoms with Gasteiger partial charge in [0.15, 0.2) is 0 Å². The van der Waals surface area contributed by atoms with Crippen LogP contribution in [0.3, 0.4) is 0 Å². The molecule has 0 spiro atoms. The monoisotopic (exact) mass is 356 g/mol. The van der Waals surface area contributed by atoms with E-state index in [1.807, 2.05) is 36.4 Å². The first kappa shape index (κ1) is 16.7. The van der Waals surface area contributed by atoms with Crippen molar-refractivity contribution < 1.29 is 14.4 Å². The van der Waals surface area contributed by atoms with Gasteiger partial charge in [-0.3, -0.25) is 19.3 Å². The number of rotatable bonds is 4. The lowest BCUT2D eigenvalue weighted by Crippen LogP contribution is -2.29. The summed E-state index contributed by atoms with van der Waals surface area (Å²) in [7, 11) is 0. The number of anilines is 1. The first-order valence-electron chi connectivity index (χ1n) is 8.54. The average molecular weight is 356 g/mol. The van der Waals surface area contributed by atoms with E-state index in [0.29, 0.717) is 22.4 Å². The van der Waals surface area contributed by atoms with Crippen LogP contribution in [-0.2, 0) is 6.54 Å². The zero-order valence-corrected chi connectivity index (χ0v) is 14.4. The third kappa shape index (κ3) is 3.22. The molecule has 1 aliphatic heterocycles. The standard InChI is InChI=1S/C22H16N2O3/c25-20(16-9-5-2-6-10-16)23-17-11-12-18-19(13-17)22(27)24(21(18)26)14-15-7-3-1-4-8-15/h1-13H,14H2,(H,23,25). The molecule has 0 atom stereocenters. The normalized spacial score (nSPS) is 12.8. The van der Waals surface area contributed by atoms with Gasteiger partial charge in [0.2, 0.25) is 0 Å². The summed E-state index contributed by atoms with van der Waals surface area (Å²) >= 11 is 0. The van der Waals surface area contributed by atoms with Gasteiger partial charge in [-0.1, -0.05) is 48.5 Å². The molecule has 3 aromatic carbocycles. The Labute approximate surface area is 156 Å². The molecule has 0 bridgehead atoms. The van der Waals surface area contributed by atoms with Crippen molar-refractivity contribution in [2.45, 2.75) is 6.54 Å². The van der Waals surface area contributed by atoms with Crippen molar-refractivity contribution in [2.75, 3.05) is 5.32 Å². The van der Waals surface area contributed by atoms with Gasteiger partial charge in [-0.25, -0.2) is 0 Å².